The van der Waals surface area contributed by atoms with Crippen LogP contribution in [-0.2, 0) is 9.53 Å². The second-order valence-corrected chi connectivity index (χ2v) is 6.11. The van der Waals surface area contributed by atoms with Gasteiger partial charge in [0.1, 0.15) is 5.75 Å². The van der Waals surface area contributed by atoms with Crippen molar-refractivity contribution in [2.45, 2.75) is 13.3 Å². The number of carbonyl (C=O) groups excluding carboxylic acids is 1. The monoisotopic (exact) mass is 340 g/mol. The van der Waals surface area contributed by atoms with Gasteiger partial charge in [-0.3, -0.25) is 4.79 Å². The Kier molecular flexibility index (Phi) is 5.90. The van der Waals surface area contributed by atoms with E-state index in [4.69, 9.17) is 9.47 Å². The molecule has 2 aromatic rings. The van der Waals surface area contributed by atoms with Crippen molar-refractivity contribution in [1.29, 1.82) is 0 Å². The molecule has 1 heterocycles. The van der Waals surface area contributed by atoms with E-state index in [1.807, 2.05) is 55.5 Å². The van der Waals surface area contributed by atoms with Gasteiger partial charge in [-0.05, 0) is 43.3 Å². The van der Waals surface area contributed by atoms with Crippen molar-refractivity contribution in [2.75, 3.05) is 43.1 Å². The summed E-state index contributed by atoms with van der Waals surface area (Å²) in [7, 11) is 0. The lowest BCUT2D eigenvalue weighted by Gasteiger charge is -2.28. The summed E-state index contributed by atoms with van der Waals surface area (Å²) in [6, 6.07) is 15.7. The number of hydrogen-bond acceptors (Lipinski definition) is 4. The maximum atomic E-state index is 12.0. The zero-order chi connectivity index (χ0) is 17.5. The van der Waals surface area contributed by atoms with Gasteiger partial charge in [0.25, 0.3) is 0 Å². The molecular formula is C20H24N2O3. The highest BCUT2D eigenvalue weighted by molar-refractivity contribution is 5.90. The Morgan fingerprint density at radius 1 is 1.08 bits per heavy atom. The molecule has 0 radical (unpaired) electrons. The van der Waals surface area contributed by atoms with Gasteiger partial charge in [0.15, 0.2) is 0 Å². The molecule has 1 amide bonds. The zero-order valence-corrected chi connectivity index (χ0v) is 14.5. The Labute approximate surface area is 148 Å². The molecule has 0 unspecified atom stereocenters. The largest absolute Gasteiger partial charge is 0.493 e. The molecule has 132 valence electrons. The highest BCUT2D eigenvalue weighted by Crippen LogP contribution is 2.19. The minimum Gasteiger partial charge on any atom is -0.493 e. The summed E-state index contributed by atoms with van der Waals surface area (Å²) in [5, 5.41) is 2.91. The van der Waals surface area contributed by atoms with E-state index in [0.717, 1.165) is 43.4 Å². The van der Waals surface area contributed by atoms with Crippen molar-refractivity contribution in [2.24, 2.45) is 0 Å². The Morgan fingerprint density at radius 3 is 2.44 bits per heavy atom. The fourth-order valence-electron chi connectivity index (χ4n) is 2.70. The molecule has 1 fully saturated rings. The molecule has 0 aromatic heterocycles. The number of aryl methyl sites for hydroxylation is 1. The number of hydrogen-bond donors (Lipinski definition) is 1. The molecule has 5 nitrogen and oxygen atoms in total. The highest BCUT2D eigenvalue weighted by Gasteiger charge is 2.11. The van der Waals surface area contributed by atoms with Crippen LogP contribution in [0.15, 0.2) is 48.5 Å². The molecular weight excluding hydrogens is 316 g/mol. The third-order valence-electron chi connectivity index (χ3n) is 4.15. The first kappa shape index (κ1) is 17.3. The van der Waals surface area contributed by atoms with Crippen molar-refractivity contribution < 1.29 is 14.3 Å². The number of morpholine rings is 1. The van der Waals surface area contributed by atoms with Crippen LogP contribution in [0, 0.1) is 6.92 Å². The smallest absolute Gasteiger partial charge is 0.227 e. The van der Waals surface area contributed by atoms with E-state index in [2.05, 4.69) is 10.2 Å². The zero-order valence-electron chi connectivity index (χ0n) is 14.5. The van der Waals surface area contributed by atoms with Crippen LogP contribution in [0.5, 0.6) is 5.75 Å². The summed E-state index contributed by atoms with van der Waals surface area (Å²) in [4.78, 5) is 14.3. The molecule has 0 aliphatic carbocycles. The third kappa shape index (κ3) is 5.22. The lowest BCUT2D eigenvalue weighted by Crippen LogP contribution is -2.36. The van der Waals surface area contributed by atoms with E-state index >= 15 is 0 Å². The van der Waals surface area contributed by atoms with Crippen molar-refractivity contribution in [3.8, 4) is 5.75 Å². The maximum absolute atomic E-state index is 12.0. The molecule has 25 heavy (non-hydrogen) atoms. The van der Waals surface area contributed by atoms with Crippen molar-refractivity contribution in [3.05, 3.63) is 54.1 Å². The van der Waals surface area contributed by atoms with E-state index in [1.165, 1.54) is 5.56 Å². The van der Waals surface area contributed by atoms with Gasteiger partial charge in [0.2, 0.25) is 5.91 Å². The third-order valence-corrected chi connectivity index (χ3v) is 4.15. The molecule has 0 saturated carbocycles. The van der Waals surface area contributed by atoms with Crippen molar-refractivity contribution in [3.63, 3.8) is 0 Å². The van der Waals surface area contributed by atoms with Crippen LogP contribution >= 0.6 is 0 Å². The number of benzene rings is 2. The minimum atomic E-state index is -0.0498. The number of ether oxygens (including phenoxy) is 2. The summed E-state index contributed by atoms with van der Waals surface area (Å²) in [6.45, 7) is 5.73. The number of carbonyl (C=O) groups is 1. The Bertz CT molecular complexity index is 677. The van der Waals surface area contributed by atoms with Gasteiger partial charge in [-0.1, -0.05) is 17.7 Å². The van der Waals surface area contributed by atoms with Crippen LogP contribution in [0.25, 0.3) is 0 Å². The molecule has 5 heteroatoms. The first-order valence-corrected chi connectivity index (χ1v) is 8.63. The van der Waals surface area contributed by atoms with Crippen molar-refractivity contribution >= 4 is 17.3 Å². The molecule has 1 N–H and O–H groups in total. The van der Waals surface area contributed by atoms with Gasteiger partial charge in [-0.25, -0.2) is 0 Å². The van der Waals surface area contributed by atoms with Crippen LogP contribution in [0.2, 0.25) is 0 Å². The number of nitrogens with zero attached hydrogens (tertiary/aromatic N) is 1. The summed E-state index contributed by atoms with van der Waals surface area (Å²) in [5.41, 5.74) is 3.15. The molecule has 1 aliphatic heterocycles. The second kappa shape index (κ2) is 8.53. The van der Waals surface area contributed by atoms with Crippen LogP contribution in [-0.4, -0.2) is 38.8 Å². The van der Waals surface area contributed by atoms with Crippen LogP contribution in [0.3, 0.4) is 0 Å². The molecule has 2 aromatic carbocycles. The summed E-state index contributed by atoms with van der Waals surface area (Å²) in [6.07, 6.45) is 0.319. The van der Waals surface area contributed by atoms with Crippen LogP contribution < -0.4 is 15.0 Å². The van der Waals surface area contributed by atoms with Gasteiger partial charge in [0, 0.05) is 24.5 Å². The number of rotatable bonds is 6. The van der Waals surface area contributed by atoms with E-state index in [-0.39, 0.29) is 5.91 Å². The molecule has 3 rings (SSSR count). The second-order valence-electron chi connectivity index (χ2n) is 6.11. The quantitative estimate of drug-likeness (QED) is 0.877. The van der Waals surface area contributed by atoms with E-state index in [1.54, 1.807) is 0 Å². The molecule has 1 saturated heterocycles. The lowest BCUT2D eigenvalue weighted by molar-refractivity contribution is -0.116. The van der Waals surface area contributed by atoms with E-state index in [9.17, 15) is 4.79 Å². The fourth-order valence-corrected chi connectivity index (χ4v) is 2.70. The predicted octanol–water partition coefficient (Wildman–Crippen LogP) is 3.24. The maximum Gasteiger partial charge on any atom is 0.227 e. The Morgan fingerprint density at radius 2 is 1.76 bits per heavy atom. The summed E-state index contributed by atoms with van der Waals surface area (Å²) >= 11 is 0. The summed E-state index contributed by atoms with van der Waals surface area (Å²) in [5.74, 6) is 0.736. The summed E-state index contributed by atoms with van der Waals surface area (Å²) < 4.78 is 11.0. The average Bonchev–Trinajstić information content (AvgIpc) is 2.65. The van der Waals surface area contributed by atoms with Gasteiger partial charge in [-0.2, -0.15) is 0 Å². The topological polar surface area (TPSA) is 50.8 Å². The molecule has 0 bridgehead atoms. The SMILES string of the molecule is Cc1ccc(OCCC(=O)Nc2ccc(N3CCOCC3)cc2)cc1. The Balaban J connectivity index is 1.43. The van der Waals surface area contributed by atoms with Crippen LogP contribution in [0.4, 0.5) is 11.4 Å². The van der Waals surface area contributed by atoms with Gasteiger partial charge < -0.3 is 19.7 Å². The highest BCUT2D eigenvalue weighted by atomic mass is 16.5. The number of nitrogens with one attached hydrogen (secondary N) is 1. The normalized spacial score (nSPS) is 14.2. The van der Waals surface area contributed by atoms with Gasteiger partial charge >= 0.3 is 0 Å². The van der Waals surface area contributed by atoms with Gasteiger partial charge in [-0.15, -0.1) is 0 Å². The number of anilines is 2. The number of amides is 1. The van der Waals surface area contributed by atoms with E-state index in [0.29, 0.717) is 13.0 Å². The molecule has 0 atom stereocenters. The standard InChI is InChI=1S/C20H24N2O3/c1-16-2-8-19(9-3-16)25-13-10-20(23)21-17-4-6-18(7-5-17)22-11-14-24-15-12-22/h2-9H,10-15H2,1H3,(H,21,23). The molecule has 1 aliphatic rings. The van der Waals surface area contributed by atoms with Crippen molar-refractivity contribution in [1.82, 2.24) is 0 Å². The lowest BCUT2D eigenvalue weighted by atomic mass is 10.2. The Hall–Kier alpha value is -2.53. The van der Waals surface area contributed by atoms with E-state index < -0.39 is 0 Å². The average molecular weight is 340 g/mol. The van der Waals surface area contributed by atoms with Crippen LogP contribution in [0.1, 0.15) is 12.0 Å². The predicted molar refractivity (Wildman–Crippen MR) is 99.4 cm³/mol. The fraction of sp³-hybridized carbons (Fsp3) is 0.350. The first-order chi connectivity index (χ1) is 12.2. The van der Waals surface area contributed by atoms with Gasteiger partial charge in [0.05, 0.1) is 26.2 Å². The minimum absolute atomic E-state index is 0.0498. The first-order valence-electron chi connectivity index (χ1n) is 8.63. The molecule has 0 spiro atoms.